The Morgan fingerprint density at radius 2 is 1.90 bits per heavy atom. The Hall–Kier alpha value is -1.60. The second kappa shape index (κ2) is 4.46. The van der Waals surface area contributed by atoms with E-state index in [1.807, 2.05) is 13.0 Å². The lowest BCUT2D eigenvalue weighted by Gasteiger charge is -2.04. The molecule has 0 saturated carbocycles. The van der Waals surface area contributed by atoms with Gasteiger partial charge in [0.15, 0.2) is 0 Å². The van der Waals surface area contributed by atoms with E-state index in [0.717, 1.165) is 27.3 Å². The fourth-order valence-corrected chi connectivity index (χ4v) is 3.75. The van der Waals surface area contributed by atoms with Crippen LogP contribution in [0.2, 0.25) is 0 Å². The summed E-state index contributed by atoms with van der Waals surface area (Å²) in [7, 11) is 0. The van der Waals surface area contributed by atoms with Gasteiger partial charge in [-0.1, -0.05) is 0 Å². The van der Waals surface area contributed by atoms with Crippen molar-refractivity contribution in [1.82, 2.24) is 4.98 Å². The van der Waals surface area contributed by atoms with Crippen molar-refractivity contribution in [3.05, 3.63) is 34.7 Å². The molecule has 1 aromatic carbocycles. The summed E-state index contributed by atoms with van der Waals surface area (Å²) in [6, 6.07) is 5.51. The van der Waals surface area contributed by atoms with Gasteiger partial charge in [-0.05, 0) is 31.2 Å². The van der Waals surface area contributed by atoms with Crippen LogP contribution in [0.5, 0.6) is 0 Å². The predicted octanol–water partition coefficient (Wildman–Crippen LogP) is 4.93. The molecule has 0 fully saturated rings. The third-order valence-corrected chi connectivity index (χ3v) is 4.78. The molecule has 3 rings (SSSR count). The van der Waals surface area contributed by atoms with Crippen LogP contribution in [-0.4, -0.2) is 4.98 Å². The molecule has 0 bridgehead atoms. The third kappa shape index (κ3) is 2.27. The number of aromatic nitrogens is 1. The van der Waals surface area contributed by atoms with Crippen molar-refractivity contribution in [1.29, 1.82) is 0 Å². The van der Waals surface area contributed by atoms with Gasteiger partial charge in [-0.25, -0.2) is 4.98 Å². The Labute approximate surface area is 120 Å². The number of rotatable bonds is 1. The topological polar surface area (TPSA) is 38.9 Å². The van der Waals surface area contributed by atoms with Gasteiger partial charge in [-0.15, -0.1) is 22.7 Å². The van der Waals surface area contributed by atoms with Crippen molar-refractivity contribution < 1.29 is 13.2 Å². The lowest BCUT2D eigenvalue weighted by molar-refractivity contribution is -0.137. The normalized spacial score (nSPS) is 12.2. The van der Waals surface area contributed by atoms with Crippen LogP contribution in [0.3, 0.4) is 0 Å². The van der Waals surface area contributed by atoms with E-state index in [2.05, 4.69) is 4.98 Å². The molecule has 0 saturated heterocycles. The monoisotopic (exact) mass is 314 g/mol. The van der Waals surface area contributed by atoms with E-state index in [-0.39, 0.29) is 0 Å². The zero-order valence-electron chi connectivity index (χ0n) is 10.3. The van der Waals surface area contributed by atoms with Gasteiger partial charge < -0.3 is 5.73 Å². The number of benzene rings is 1. The number of hydrogen-bond donors (Lipinski definition) is 1. The highest BCUT2D eigenvalue weighted by atomic mass is 32.1. The largest absolute Gasteiger partial charge is 0.416 e. The molecule has 2 aromatic heterocycles. The Bertz CT molecular complexity index is 787. The first-order valence-electron chi connectivity index (χ1n) is 5.68. The number of nitrogens with two attached hydrogens (primary N) is 1. The zero-order valence-corrected chi connectivity index (χ0v) is 11.9. The maximum Gasteiger partial charge on any atom is 0.416 e. The molecule has 2 heterocycles. The van der Waals surface area contributed by atoms with Gasteiger partial charge in [-0.3, -0.25) is 0 Å². The van der Waals surface area contributed by atoms with E-state index < -0.39 is 11.7 Å². The van der Waals surface area contributed by atoms with Gasteiger partial charge in [0.25, 0.3) is 0 Å². The Morgan fingerprint density at radius 1 is 1.15 bits per heavy atom. The highest BCUT2D eigenvalue weighted by Gasteiger charge is 2.30. The number of fused-ring (bicyclic) bond motifs is 1. The first-order chi connectivity index (χ1) is 9.34. The quantitative estimate of drug-likeness (QED) is 0.691. The standard InChI is InChI=1S/C13H9F3N2S2/c1-6-4-8(11(17)19-6)12-18-9-5-7(13(14,15)16)2-3-10(9)20-12/h2-5H,17H2,1H3. The molecule has 20 heavy (non-hydrogen) atoms. The van der Waals surface area contributed by atoms with Gasteiger partial charge in [0.2, 0.25) is 0 Å². The summed E-state index contributed by atoms with van der Waals surface area (Å²) in [6.07, 6.45) is -4.35. The molecule has 0 radical (unpaired) electrons. The van der Waals surface area contributed by atoms with E-state index >= 15 is 0 Å². The second-order valence-corrected chi connectivity index (χ2v) is 6.65. The highest BCUT2D eigenvalue weighted by Crippen LogP contribution is 2.39. The molecule has 104 valence electrons. The van der Waals surface area contributed by atoms with E-state index in [0.29, 0.717) is 15.5 Å². The summed E-state index contributed by atoms with van der Waals surface area (Å²) >= 11 is 2.79. The maximum absolute atomic E-state index is 12.7. The first kappa shape index (κ1) is 13.4. The molecule has 0 spiro atoms. The Morgan fingerprint density at radius 3 is 2.50 bits per heavy atom. The molecule has 3 aromatic rings. The van der Waals surface area contributed by atoms with E-state index in [4.69, 9.17) is 5.73 Å². The number of nitrogen functional groups attached to an aromatic ring is 1. The number of anilines is 1. The smallest absolute Gasteiger partial charge is 0.390 e. The molecule has 7 heteroatoms. The van der Waals surface area contributed by atoms with Crippen LogP contribution in [-0.2, 0) is 6.18 Å². The van der Waals surface area contributed by atoms with Gasteiger partial charge in [0, 0.05) is 10.4 Å². The molecule has 0 unspecified atom stereocenters. The van der Waals surface area contributed by atoms with Gasteiger partial charge in [-0.2, -0.15) is 13.2 Å². The van der Waals surface area contributed by atoms with Crippen molar-refractivity contribution in [3.8, 4) is 10.6 Å². The minimum Gasteiger partial charge on any atom is -0.390 e. The van der Waals surface area contributed by atoms with E-state index in [1.54, 1.807) is 0 Å². The minimum atomic E-state index is -4.35. The summed E-state index contributed by atoms with van der Waals surface area (Å²) in [4.78, 5) is 5.33. The maximum atomic E-state index is 12.7. The molecule has 0 amide bonds. The van der Waals surface area contributed by atoms with Crippen LogP contribution in [0.4, 0.5) is 18.2 Å². The SMILES string of the molecule is Cc1cc(-c2nc3cc(C(F)(F)F)ccc3s2)c(N)s1. The van der Waals surface area contributed by atoms with Crippen LogP contribution >= 0.6 is 22.7 Å². The van der Waals surface area contributed by atoms with Crippen LogP contribution in [0.25, 0.3) is 20.8 Å². The molecular formula is C13H9F3N2S2. The number of thiophene rings is 1. The number of alkyl halides is 3. The predicted molar refractivity (Wildman–Crippen MR) is 77.1 cm³/mol. The van der Waals surface area contributed by atoms with Crippen molar-refractivity contribution in [2.24, 2.45) is 0 Å². The number of halogens is 3. The van der Waals surface area contributed by atoms with Crippen LogP contribution in [0.1, 0.15) is 10.4 Å². The summed E-state index contributed by atoms with van der Waals surface area (Å²) in [6.45, 7) is 1.93. The van der Waals surface area contributed by atoms with Crippen molar-refractivity contribution in [3.63, 3.8) is 0 Å². The van der Waals surface area contributed by atoms with Gasteiger partial charge in [0.05, 0.1) is 20.8 Å². The van der Waals surface area contributed by atoms with E-state index in [9.17, 15) is 13.2 Å². The van der Waals surface area contributed by atoms with E-state index in [1.165, 1.54) is 28.7 Å². The highest BCUT2D eigenvalue weighted by molar-refractivity contribution is 7.22. The van der Waals surface area contributed by atoms with Crippen LogP contribution in [0.15, 0.2) is 24.3 Å². The molecule has 0 aliphatic heterocycles. The molecule has 0 atom stereocenters. The van der Waals surface area contributed by atoms with Crippen molar-refractivity contribution in [2.45, 2.75) is 13.1 Å². The lowest BCUT2D eigenvalue weighted by atomic mass is 10.2. The minimum absolute atomic E-state index is 0.350. The number of thiazole rings is 1. The van der Waals surface area contributed by atoms with Crippen LogP contribution in [0, 0.1) is 6.92 Å². The Balaban J connectivity index is 2.14. The number of nitrogens with zero attached hydrogens (tertiary/aromatic N) is 1. The van der Waals surface area contributed by atoms with Gasteiger partial charge in [0.1, 0.15) is 5.01 Å². The average Bonchev–Trinajstić information content (AvgIpc) is 2.89. The second-order valence-electron chi connectivity index (χ2n) is 4.33. The fraction of sp³-hybridized carbons (Fsp3) is 0.154. The number of aryl methyl sites for hydroxylation is 1. The van der Waals surface area contributed by atoms with Crippen molar-refractivity contribution in [2.75, 3.05) is 5.73 Å². The molecular weight excluding hydrogens is 305 g/mol. The zero-order chi connectivity index (χ0) is 14.5. The molecule has 2 nitrogen and oxygen atoms in total. The Kier molecular flexibility index (Phi) is 2.98. The third-order valence-electron chi connectivity index (χ3n) is 2.83. The summed E-state index contributed by atoms with van der Waals surface area (Å²) in [5, 5.41) is 1.29. The first-order valence-corrected chi connectivity index (χ1v) is 7.32. The summed E-state index contributed by atoms with van der Waals surface area (Å²) < 4.78 is 38.7. The summed E-state index contributed by atoms with van der Waals surface area (Å²) in [5.74, 6) is 0. The summed E-state index contributed by atoms with van der Waals surface area (Å²) in [5.41, 5.74) is 6.36. The van der Waals surface area contributed by atoms with Gasteiger partial charge >= 0.3 is 6.18 Å². The molecule has 2 N–H and O–H groups in total. The number of hydrogen-bond acceptors (Lipinski definition) is 4. The van der Waals surface area contributed by atoms with Crippen LogP contribution < -0.4 is 5.73 Å². The molecule has 0 aliphatic rings. The van der Waals surface area contributed by atoms with Crippen molar-refractivity contribution >= 4 is 37.9 Å². The lowest BCUT2D eigenvalue weighted by Crippen LogP contribution is -2.03. The molecule has 0 aliphatic carbocycles. The average molecular weight is 314 g/mol. The fourth-order valence-electron chi connectivity index (χ4n) is 1.92.